The van der Waals surface area contributed by atoms with E-state index in [0.29, 0.717) is 57.7 Å². The van der Waals surface area contributed by atoms with Gasteiger partial charge in [0.15, 0.2) is 11.5 Å². The Bertz CT molecular complexity index is 1740. The number of pyridine rings is 1. The molecule has 0 bridgehead atoms. The zero-order valence-corrected chi connectivity index (χ0v) is 20.9. The normalized spacial score (nSPS) is 11.2. The number of aromatic amines is 1. The molecule has 0 atom stereocenters. The predicted molar refractivity (Wildman–Crippen MR) is 147 cm³/mol. The maximum Gasteiger partial charge on any atom is 0.182 e. The predicted octanol–water partition coefficient (Wildman–Crippen LogP) is 6.59. The van der Waals surface area contributed by atoms with Gasteiger partial charge in [0.2, 0.25) is 0 Å². The largest absolute Gasteiger partial charge is 0.493 e. The van der Waals surface area contributed by atoms with Crippen LogP contribution < -0.4 is 10.1 Å². The number of fused-ring (bicyclic) bond motifs is 2. The third-order valence-corrected chi connectivity index (χ3v) is 6.54. The maximum atomic E-state index is 14.6. The van der Waals surface area contributed by atoms with Crippen LogP contribution >= 0.6 is 11.6 Å². The van der Waals surface area contributed by atoms with Crippen LogP contribution in [0.5, 0.6) is 5.75 Å². The first-order chi connectivity index (χ1) is 18.7. The van der Waals surface area contributed by atoms with E-state index in [-0.39, 0.29) is 5.82 Å². The van der Waals surface area contributed by atoms with Crippen molar-refractivity contribution in [1.29, 1.82) is 0 Å². The Morgan fingerprint density at radius 2 is 1.84 bits per heavy atom. The summed E-state index contributed by atoms with van der Waals surface area (Å²) in [5.41, 5.74) is 4.99. The summed E-state index contributed by atoms with van der Waals surface area (Å²) in [6, 6.07) is 22.2. The molecule has 0 saturated heterocycles. The van der Waals surface area contributed by atoms with Gasteiger partial charge in [-0.3, -0.25) is 0 Å². The van der Waals surface area contributed by atoms with Gasteiger partial charge in [0.05, 0.1) is 29.2 Å². The second-order valence-corrected chi connectivity index (χ2v) is 9.12. The van der Waals surface area contributed by atoms with E-state index in [1.807, 2.05) is 36.4 Å². The van der Waals surface area contributed by atoms with Crippen LogP contribution in [0.25, 0.3) is 33.3 Å². The van der Waals surface area contributed by atoms with Gasteiger partial charge in [-0.1, -0.05) is 54.1 Å². The van der Waals surface area contributed by atoms with Gasteiger partial charge in [-0.15, -0.1) is 0 Å². The molecule has 0 radical (unpaired) electrons. The molecule has 0 saturated carbocycles. The van der Waals surface area contributed by atoms with Crippen molar-refractivity contribution in [2.45, 2.75) is 13.0 Å². The van der Waals surface area contributed by atoms with Gasteiger partial charge < -0.3 is 15.0 Å². The monoisotopic (exact) mass is 524 g/mol. The molecule has 3 heterocycles. The number of para-hydroxylation sites is 1. The fourth-order valence-electron chi connectivity index (χ4n) is 4.39. The summed E-state index contributed by atoms with van der Waals surface area (Å²) in [4.78, 5) is 20.7. The van der Waals surface area contributed by atoms with Crippen molar-refractivity contribution in [3.8, 4) is 17.0 Å². The number of anilines is 1. The van der Waals surface area contributed by atoms with Crippen LogP contribution in [0.1, 0.15) is 11.1 Å². The number of halogens is 2. The molecular weight excluding hydrogens is 503 g/mol. The number of hydrogen-bond acceptors (Lipinski definition) is 6. The van der Waals surface area contributed by atoms with E-state index in [4.69, 9.17) is 21.3 Å². The molecule has 6 aromatic rings. The first-order valence-corrected chi connectivity index (χ1v) is 12.5. The van der Waals surface area contributed by atoms with E-state index in [1.54, 1.807) is 18.5 Å². The molecule has 0 aliphatic heterocycles. The summed E-state index contributed by atoms with van der Waals surface area (Å²) in [6.45, 7) is 0.791. The van der Waals surface area contributed by atoms with Crippen molar-refractivity contribution in [1.82, 2.24) is 24.9 Å². The minimum atomic E-state index is -0.384. The molecule has 9 heteroatoms. The molecule has 0 aliphatic rings. The van der Waals surface area contributed by atoms with E-state index in [9.17, 15) is 4.39 Å². The molecule has 188 valence electrons. The molecule has 0 amide bonds. The van der Waals surface area contributed by atoms with Crippen molar-refractivity contribution in [2.24, 2.45) is 0 Å². The molecule has 0 aliphatic carbocycles. The Hall–Kier alpha value is -4.56. The lowest BCUT2D eigenvalue weighted by molar-refractivity contribution is 0.322. The van der Waals surface area contributed by atoms with Crippen LogP contribution in [-0.4, -0.2) is 31.5 Å². The third-order valence-electron chi connectivity index (χ3n) is 6.23. The third kappa shape index (κ3) is 4.86. The van der Waals surface area contributed by atoms with Gasteiger partial charge >= 0.3 is 0 Å². The minimum absolute atomic E-state index is 0.357. The average molecular weight is 525 g/mol. The summed E-state index contributed by atoms with van der Waals surface area (Å²) in [7, 11) is 0. The van der Waals surface area contributed by atoms with Crippen LogP contribution in [0.2, 0.25) is 5.02 Å². The Balaban J connectivity index is 1.39. The molecule has 7 nitrogen and oxygen atoms in total. The summed E-state index contributed by atoms with van der Waals surface area (Å²) in [5, 5.41) is 4.73. The van der Waals surface area contributed by atoms with Crippen molar-refractivity contribution in [2.75, 3.05) is 11.9 Å². The summed E-state index contributed by atoms with van der Waals surface area (Å²) >= 11 is 6.51. The lowest BCUT2D eigenvalue weighted by Crippen LogP contribution is -2.07. The van der Waals surface area contributed by atoms with Gasteiger partial charge in [-0.2, -0.15) is 0 Å². The molecule has 3 aromatic heterocycles. The van der Waals surface area contributed by atoms with Crippen molar-refractivity contribution in [3.63, 3.8) is 0 Å². The Labute approximate surface area is 222 Å². The number of nitrogens with one attached hydrogen (secondary N) is 2. The first kappa shape index (κ1) is 23.8. The van der Waals surface area contributed by atoms with Gasteiger partial charge in [0.1, 0.15) is 23.4 Å². The quantitative estimate of drug-likeness (QED) is 0.233. The standard InChI is InChI=1S/C29H22ClFN6O/c30-23-8-4-7-19-13-20(15-32-28-27-29(34-16-33-27)36-17-35-28)25(37-26(19)23)22-14-21(31)9-10-24(22)38-12-11-18-5-2-1-3-6-18/h1-10,13-14,16-17H,11-12,15H2,(H2,32,33,34,35,36). The SMILES string of the molecule is Fc1ccc(OCCc2ccccc2)c(-c2nc3c(Cl)cccc3cc2CNc2ncnc3nc[nH]c23)c1. The molecular formula is C29H22ClFN6O. The van der Waals surface area contributed by atoms with Crippen LogP contribution in [0.15, 0.2) is 85.5 Å². The van der Waals surface area contributed by atoms with Crippen LogP contribution in [-0.2, 0) is 13.0 Å². The van der Waals surface area contributed by atoms with Gasteiger partial charge in [-0.05, 0) is 41.5 Å². The van der Waals surface area contributed by atoms with Crippen molar-refractivity contribution >= 4 is 39.5 Å². The first-order valence-electron chi connectivity index (χ1n) is 12.1. The lowest BCUT2D eigenvalue weighted by atomic mass is 10.0. The van der Waals surface area contributed by atoms with Gasteiger partial charge in [0, 0.05) is 23.9 Å². The molecule has 0 unspecified atom stereocenters. The van der Waals surface area contributed by atoms with E-state index >= 15 is 0 Å². The number of nitrogens with zero attached hydrogens (tertiary/aromatic N) is 4. The molecule has 2 N–H and O–H groups in total. The molecule has 3 aromatic carbocycles. The van der Waals surface area contributed by atoms with Gasteiger partial charge in [-0.25, -0.2) is 24.3 Å². The van der Waals surface area contributed by atoms with E-state index < -0.39 is 0 Å². The highest BCUT2D eigenvalue weighted by Gasteiger charge is 2.17. The number of rotatable bonds is 8. The van der Waals surface area contributed by atoms with E-state index in [0.717, 1.165) is 22.9 Å². The molecule has 6 rings (SSSR count). The summed E-state index contributed by atoms with van der Waals surface area (Å²) in [6.07, 6.45) is 3.74. The molecule has 0 spiro atoms. The number of H-pyrrole nitrogens is 1. The number of hydrogen-bond donors (Lipinski definition) is 2. The van der Waals surface area contributed by atoms with Gasteiger partial charge in [0.25, 0.3) is 0 Å². The lowest BCUT2D eigenvalue weighted by Gasteiger charge is -2.16. The minimum Gasteiger partial charge on any atom is -0.493 e. The topological polar surface area (TPSA) is 88.6 Å². The number of aromatic nitrogens is 5. The fraction of sp³-hybridized carbons (Fsp3) is 0.103. The molecule has 0 fully saturated rings. The van der Waals surface area contributed by atoms with E-state index in [2.05, 4.69) is 37.4 Å². The Morgan fingerprint density at radius 3 is 2.74 bits per heavy atom. The highest BCUT2D eigenvalue weighted by molar-refractivity contribution is 6.35. The Morgan fingerprint density at radius 1 is 0.947 bits per heavy atom. The van der Waals surface area contributed by atoms with Crippen molar-refractivity contribution in [3.05, 3.63) is 107 Å². The Kier molecular flexibility index (Phi) is 6.54. The van der Waals surface area contributed by atoms with Crippen LogP contribution in [0.4, 0.5) is 10.2 Å². The fourth-order valence-corrected chi connectivity index (χ4v) is 4.61. The molecule has 38 heavy (non-hydrogen) atoms. The summed E-state index contributed by atoms with van der Waals surface area (Å²) in [5.74, 6) is 0.758. The highest BCUT2D eigenvalue weighted by atomic mass is 35.5. The van der Waals surface area contributed by atoms with Crippen LogP contribution in [0, 0.1) is 5.82 Å². The number of ether oxygens (including phenoxy) is 1. The maximum absolute atomic E-state index is 14.6. The number of imidazole rings is 1. The summed E-state index contributed by atoms with van der Waals surface area (Å²) < 4.78 is 20.7. The van der Waals surface area contributed by atoms with Crippen molar-refractivity contribution < 1.29 is 9.13 Å². The number of benzene rings is 3. The van der Waals surface area contributed by atoms with Crippen LogP contribution in [0.3, 0.4) is 0 Å². The second-order valence-electron chi connectivity index (χ2n) is 8.71. The van der Waals surface area contributed by atoms with E-state index in [1.165, 1.54) is 18.5 Å². The average Bonchev–Trinajstić information content (AvgIpc) is 3.43. The zero-order valence-electron chi connectivity index (χ0n) is 20.2. The zero-order chi connectivity index (χ0) is 25.9. The second kappa shape index (κ2) is 10.4. The highest BCUT2D eigenvalue weighted by Crippen LogP contribution is 2.35. The smallest absolute Gasteiger partial charge is 0.182 e.